The van der Waals surface area contributed by atoms with Crippen molar-refractivity contribution < 1.29 is 9.59 Å². The van der Waals surface area contributed by atoms with Crippen molar-refractivity contribution in [3.8, 4) is 6.07 Å². The first-order valence-corrected chi connectivity index (χ1v) is 7.65. The lowest BCUT2D eigenvalue weighted by Gasteiger charge is -2.16. The molecule has 0 saturated carbocycles. The Balaban J connectivity index is 2.19. The Bertz CT molecular complexity index is 820. The lowest BCUT2D eigenvalue weighted by atomic mass is 9.98. The standard InChI is InChI=1S/C19H19N3O2/c1-12(2)15-9-6-7-13(3)17(15)22-19(24)18(23)21-16-10-5-4-8-14(16)11-20/h4-10,12H,1-3H3,(H,21,23)(H,22,24). The van der Waals surface area contributed by atoms with Crippen molar-refractivity contribution >= 4 is 23.2 Å². The number of carbonyl (C=O) groups excluding carboxylic acids is 2. The molecule has 24 heavy (non-hydrogen) atoms. The molecule has 0 saturated heterocycles. The van der Waals surface area contributed by atoms with Crippen molar-refractivity contribution in [2.45, 2.75) is 26.7 Å². The molecule has 0 unspecified atom stereocenters. The Morgan fingerprint density at radius 2 is 1.67 bits per heavy atom. The van der Waals surface area contributed by atoms with Crippen LogP contribution in [0.15, 0.2) is 42.5 Å². The number of amides is 2. The molecule has 2 N–H and O–H groups in total. The van der Waals surface area contributed by atoms with E-state index in [0.717, 1.165) is 11.1 Å². The van der Waals surface area contributed by atoms with Crippen molar-refractivity contribution in [3.63, 3.8) is 0 Å². The molecule has 0 spiro atoms. The molecule has 2 aromatic carbocycles. The van der Waals surface area contributed by atoms with E-state index in [9.17, 15) is 9.59 Å². The first-order chi connectivity index (χ1) is 11.4. The molecule has 5 nitrogen and oxygen atoms in total. The smallest absolute Gasteiger partial charge is 0.314 e. The quantitative estimate of drug-likeness (QED) is 0.848. The van der Waals surface area contributed by atoms with E-state index in [2.05, 4.69) is 10.6 Å². The number of benzene rings is 2. The fourth-order valence-corrected chi connectivity index (χ4v) is 2.38. The normalized spacial score (nSPS) is 10.1. The average Bonchev–Trinajstić information content (AvgIpc) is 2.56. The summed E-state index contributed by atoms with van der Waals surface area (Å²) in [6.45, 7) is 5.92. The van der Waals surface area contributed by atoms with Crippen LogP contribution < -0.4 is 10.6 Å². The molecule has 0 fully saturated rings. The average molecular weight is 321 g/mol. The second-order valence-electron chi connectivity index (χ2n) is 5.76. The van der Waals surface area contributed by atoms with E-state index in [1.165, 1.54) is 0 Å². The Labute approximate surface area is 141 Å². The predicted molar refractivity (Wildman–Crippen MR) is 93.7 cm³/mol. The molecule has 0 aliphatic rings. The molecule has 0 radical (unpaired) electrons. The third-order valence-corrected chi connectivity index (χ3v) is 3.67. The number of hydrogen-bond donors (Lipinski definition) is 2. The van der Waals surface area contributed by atoms with Crippen LogP contribution >= 0.6 is 0 Å². The summed E-state index contributed by atoms with van der Waals surface area (Å²) in [6.07, 6.45) is 0. The summed E-state index contributed by atoms with van der Waals surface area (Å²) in [5, 5.41) is 14.2. The van der Waals surface area contributed by atoms with Crippen molar-refractivity contribution in [2.75, 3.05) is 10.6 Å². The van der Waals surface area contributed by atoms with E-state index < -0.39 is 11.8 Å². The van der Waals surface area contributed by atoms with E-state index in [1.807, 2.05) is 45.0 Å². The van der Waals surface area contributed by atoms with Gasteiger partial charge < -0.3 is 10.6 Å². The number of nitriles is 1. The predicted octanol–water partition coefficient (Wildman–Crippen LogP) is 3.57. The number of nitrogens with zero attached hydrogens (tertiary/aromatic N) is 1. The highest BCUT2D eigenvalue weighted by Crippen LogP contribution is 2.27. The third-order valence-electron chi connectivity index (χ3n) is 3.67. The zero-order valence-corrected chi connectivity index (χ0v) is 13.9. The van der Waals surface area contributed by atoms with E-state index in [4.69, 9.17) is 5.26 Å². The van der Waals surface area contributed by atoms with Gasteiger partial charge in [-0.15, -0.1) is 0 Å². The maximum atomic E-state index is 12.2. The third kappa shape index (κ3) is 3.79. The highest BCUT2D eigenvalue weighted by atomic mass is 16.2. The lowest BCUT2D eigenvalue weighted by Crippen LogP contribution is -2.30. The van der Waals surface area contributed by atoms with Crippen molar-refractivity contribution in [2.24, 2.45) is 0 Å². The number of hydrogen-bond acceptors (Lipinski definition) is 3. The van der Waals surface area contributed by atoms with Crippen LogP contribution in [0.1, 0.15) is 36.5 Å². The van der Waals surface area contributed by atoms with Crippen LogP contribution in [-0.4, -0.2) is 11.8 Å². The van der Waals surface area contributed by atoms with Gasteiger partial charge in [0, 0.05) is 5.69 Å². The molecule has 2 rings (SSSR count). The van der Waals surface area contributed by atoms with Gasteiger partial charge in [0.25, 0.3) is 0 Å². The van der Waals surface area contributed by atoms with E-state index in [-0.39, 0.29) is 5.92 Å². The van der Waals surface area contributed by atoms with Gasteiger partial charge in [-0.25, -0.2) is 0 Å². The first kappa shape index (κ1) is 17.2. The zero-order valence-electron chi connectivity index (χ0n) is 13.9. The lowest BCUT2D eigenvalue weighted by molar-refractivity contribution is -0.133. The van der Waals surface area contributed by atoms with Crippen molar-refractivity contribution in [3.05, 3.63) is 59.2 Å². The zero-order chi connectivity index (χ0) is 17.7. The van der Waals surface area contributed by atoms with Crippen molar-refractivity contribution in [1.29, 1.82) is 5.26 Å². The minimum atomic E-state index is -0.810. The topological polar surface area (TPSA) is 82.0 Å². The molecular formula is C19H19N3O2. The van der Waals surface area contributed by atoms with Gasteiger partial charge in [-0.1, -0.05) is 44.2 Å². The molecule has 0 aliphatic heterocycles. The van der Waals surface area contributed by atoms with Gasteiger partial charge in [-0.05, 0) is 36.1 Å². The summed E-state index contributed by atoms with van der Waals surface area (Å²) in [5.41, 5.74) is 3.13. The van der Waals surface area contributed by atoms with Crippen LogP contribution in [0.3, 0.4) is 0 Å². The maximum Gasteiger partial charge on any atom is 0.314 e. The molecule has 0 heterocycles. The highest BCUT2D eigenvalue weighted by Gasteiger charge is 2.18. The number of anilines is 2. The minimum Gasteiger partial charge on any atom is -0.317 e. The maximum absolute atomic E-state index is 12.2. The summed E-state index contributed by atoms with van der Waals surface area (Å²) < 4.78 is 0. The van der Waals surface area contributed by atoms with Crippen LogP contribution in [0.5, 0.6) is 0 Å². The Morgan fingerprint density at radius 1 is 1.00 bits per heavy atom. The Morgan fingerprint density at radius 3 is 2.33 bits per heavy atom. The largest absolute Gasteiger partial charge is 0.317 e. The summed E-state index contributed by atoms with van der Waals surface area (Å²) in [6, 6.07) is 14.2. The molecule has 0 atom stereocenters. The molecule has 2 amide bonds. The van der Waals surface area contributed by atoms with Gasteiger partial charge in [0.15, 0.2) is 0 Å². The monoisotopic (exact) mass is 321 g/mol. The summed E-state index contributed by atoms with van der Waals surface area (Å²) >= 11 is 0. The SMILES string of the molecule is Cc1cccc(C(C)C)c1NC(=O)C(=O)Nc1ccccc1C#N. The van der Waals surface area contributed by atoms with Crippen LogP contribution in [-0.2, 0) is 9.59 Å². The van der Waals surface area contributed by atoms with Gasteiger partial charge >= 0.3 is 11.8 Å². The first-order valence-electron chi connectivity index (χ1n) is 7.65. The van der Waals surface area contributed by atoms with E-state index in [0.29, 0.717) is 16.9 Å². The summed E-state index contributed by atoms with van der Waals surface area (Å²) in [4.78, 5) is 24.4. The molecule has 2 aromatic rings. The molecule has 0 aliphatic carbocycles. The van der Waals surface area contributed by atoms with Gasteiger partial charge in [0.2, 0.25) is 0 Å². The molecule has 122 valence electrons. The van der Waals surface area contributed by atoms with E-state index >= 15 is 0 Å². The van der Waals surface area contributed by atoms with E-state index in [1.54, 1.807) is 24.3 Å². The summed E-state index contributed by atoms with van der Waals surface area (Å²) in [7, 11) is 0. The second kappa shape index (κ2) is 7.42. The molecule has 5 heteroatoms. The van der Waals surface area contributed by atoms with Crippen LogP contribution in [0.2, 0.25) is 0 Å². The van der Waals surface area contributed by atoms with Crippen LogP contribution in [0.4, 0.5) is 11.4 Å². The van der Waals surface area contributed by atoms with Crippen molar-refractivity contribution in [1.82, 2.24) is 0 Å². The fourth-order valence-electron chi connectivity index (χ4n) is 2.38. The number of aryl methyl sites for hydroxylation is 1. The Kier molecular flexibility index (Phi) is 5.33. The number of para-hydroxylation sites is 2. The molecule has 0 aromatic heterocycles. The fraction of sp³-hybridized carbons (Fsp3) is 0.211. The summed E-state index contributed by atoms with van der Waals surface area (Å²) in [5.74, 6) is -1.36. The Hall–Kier alpha value is -3.13. The highest BCUT2D eigenvalue weighted by molar-refractivity contribution is 6.43. The van der Waals surface area contributed by atoms with Gasteiger partial charge in [-0.2, -0.15) is 5.26 Å². The van der Waals surface area contributed by atoms with Crippen LogP contribution in [0.25, 0.3) is 0 Å². The van der Waals surface area contributed by atoms with Gasteiger partial charge in [-0.3, -0.25) is 9.59 Å². The number of carbonyl (C=O) groups is 2. The number of rotatable bonds is 3. The number of nitrogens with one attached hydrogen (secondary N) is 2. The second-order valence-corrected chi connectivity index (χ2v) is 5.76. The van der Waals surface area contributed by atoms with Crippen LogP contribution in [0, 0.1) is 18.3 Å². The van der Waals surface area contributed by atoms with Gasteiger partial charge in [0.1, 0.15) is 6.07 Å². The van der Waals surface area contributed by atoms with Gasteiger partial charge in [0.05, 0.1) is 11.3 Å². The molecule has 0 bridgehead atoms. The minimum absolute atomic E-state index is 0.211. The molecular weight excluding hydrogens is 302 g/mol.